The molecule has 0 saturated heterocycles. The molecule has 1 heteroatoms. The molecule has 0 aliphatic rings. The monoisotopic (exact) mass is 531 g/mol. The Morgan fingerprint density at radius 3 is 1.02 bits per heavy atom. The van der Waals surface area contributed by atoms with Gasteiger partial charge < -0.3 is 0 Å². The average Bonchev–Trinajstić information content (AvgIpc) is 3.00. The van der Waals surface area contributed by atoms with E-state index in [1.54, 1.807) is 0 Å². The minimum absolute atomic E-state index is 0.175. The molecule has 1 nitrogen and oxygen atoms in total. The highest BCUT2D eigenvalue weighted by Gasteiger charge is 2.30. The molecule has 0 bridgehead atoms. The second-order valence-electron chi connectivity index (χ2n) is 11.7. The second-order valence-corrected chi connectivity index (χ2v) is 11.7. The zero-order valence-electron chi connectivity index (χ0n) is 24.8. The molecule has 0 spiro atoms. The fraction of sp³-hybridized carbons (Fsp3) is 0.385. The second kappa shape index (κ2) is 16.8. The lowest BCUT2D eigenvalue weighted by Crippen LogP contribution is -2.35. The van der Waals surface area contributed by atoms with Crippen LogP contribution >= 0.6 is 0 Å². The Bertz CT molecular complexity index is 1010. The fourth-order valence-corrected chi connectivity index (χ4v) is 6.01. The lowest BCUT2D eigenvalue weighted by atomic mass is 9.90. The van der Waals surface area contributed by atoms with Gasteiger partial charge in [-0.25, -0.2) is 0 Å². The van der Waals surface area contributed by atoms with Crippen molar-refractivity contribution in [2.24, 2.45) is 5.92 Å². The van der Waals surface area contributed by atoms with E-state index in [9.17, 15) is 0 Å². The van der Waals surface area contributed by atoms with Crippen LogP contribution in [0.2, 0.25) is 0 Å². The van der Waals surface area contributed by atoms with Crippen LogP contribution in [-0.2, 0) is 0 Å². The maximum atomic E-state index is 2.77. The molecule has 4 aromatic rings. The largest absolute Gasteiger partial charge is 0.281 e. The summed E-state index contributed by atoms with van der Waals surface area (Å²) in [6, 6.07) is 44.8. The smallest absolute Gasteiger partial charge is 0.0610 e. The van der Waals surface area contributed by atoms with Crippen LogP contribution in [0.3, 0.4) is 0 Å². The fourth-order valence-electron chi connectivity index (χ4n) is 6.01. The molecule has 0 fully saturated rings. The lowest BCUT2D eigenvalue weighted by molar-refractivity contribution is 0.176. The van der Waals surface area contributed by atoms with Gasteiger partial charge in [-0.05, 0) is 34.6 Å². The molecule has 0 heterocycles. The third-order valence-electron chi connectivity index (χ3n) is 8.07. The van der Waals surface area contributed by atoms with Gasteiger partial charge in [-0.3, -0.25) is 4.90 Å². The minimum atomic E-state index is 0.175. The Morgan fingerprint density at radius 1 is 0.400 bits per heavy atom. The standard InChI is InChI=1S/C39H49N/c1-33(2)23-13-7-5-3-4-6-8-22-32-40(38(34-24-14-9-15-25-34)35-26-16-10-17-27-35)39(36-28-18-11-19-29-36)37-30-20-12-21-31-37/h9-12,14-21,24-31,33,38-39H,3-8,13,22-23,32H2,1-2H3. The van der Waals surface area contributed by atoms with E-state index in [-0.39, 0.29) is 12.1 Å². The SMILES string of the molecule is CC(C)CCCCCCCCCCN(C(c1ccccc1)c1ccccc1)C(c1ccccc1)c1ccccc1. The van der Waals surface area contributed by atoms with Gasteiger partial charge >= 0.3 is 0 Å². The molecular formula is C39H49N. The molecule has 0 atom stereocenters. The maximum absolute atomic E-state index is 2.77. The third-order valence-corrected chi connectivity index (χ3v) is 8.07. The Morgan fingerprint density at radius 2 is 0.700 bits per heavy atom. The Balaban J connectivity index is 1.56. The van der Waals surface area contributed by atoms with E-state index in [2.05, 4.69) is 140 Å². The molecule has 4 aromatic carbocycles. The minimum Gasteiger partial charge on any atom is -0.281 e. The van der Waals surface area contributed by atoms with Gasteiger partial charge in [-0.1, -0.05) is 187 Å². The van der Waals surface area contributed by atoms with Crippen LogP contribution in [0.25, 0.3) is 0 Å². The summed E-state index contributed by atoms with van der Waals surface area (Å²) in [5.74, 6) is 0.842. The summed E-state index contributed by atoms with van der Waals surface area (Å²) in [5, 5.41) is 0. The van der Waals surface area contributed by atoms with Gasteiger partial charge in [0, 0.05) is 6.54 Å². The average molecular weight is 532 g/mol. The summed E-state index contributed by atoms with van der Waals surface area (Å²) < 4.78 is 0. The molecule has 210 valence electrons. The number of benzene rings is 4. The van der Waals surface area contributed by atoms with Crippen LogP contribution < -0.4 is 0 Å². The molecule has 0 amide bonds. The predicted octanol–water partition coefficient (Wildman–Crippen LogP) is 11.0. The summed E-state index contributed by atoms with van der Waals surface area (Å²) in [6.07, 6.45) is 12.1. The highest BCUT2D eigenvalue weighted by atomic mass is 15.2. The van der Waals surface area contributed by atoms with Crippen LogP contribution in [0.5, 0.6) is 0 Å². The van der Waals surface area contributed by atoms with Gasteiger partial charge in [0.1, 0.15) is 0 Å². The molecule has 0 unspecified atom stereocenters. The highest BCUT2D eigenvalue weighted by molar-refractivity contribution is 5.37. The van der Waals surface area contributed by atoms with Crippen LogP contribution in [0.15, 0.2) is 121 Å². The molecule has 0 aromatic heterocycles. The Labute approximate surface area is 244 Å². The van der Waals surface area contributed by atoms with Crippen molar-refractivity contribution < 1.29 is 0 Å². The maximum Gasteiger partial charge on any atom is 0.0610 e. The van der Waals surface area contributed by atoms with E-state index in [1.807, 2.05) is 0 Å². The molecule has 0 aliphatic carbocycles. The molecule has 0 radical (unpaired) electrons. The molecule has 4 rings (SSSR count). The highest BCUT2D eigenvalue weighted by Crippen LogP contribution is 2.39. The molecule has 0 aliphatic heterocycles. The van der Waals surface area contributed by atoms with Crippen molar-refractivity contribution in [2.75, 3.05) is 6.54 Å². The van der Waals surface area contributed by atoms with Gasteiger partial charge in [0.25, 0.3) is 0 Å². The number of hydrogen-bond acceptors (Lipinski definition) is 1. The zero-order valence-corrected chi connectivity index (χ0v) is 24.8. The number of unbranched alkanes of at least 4 members (excludes halogenated alkanes) is 7. The van der Waals surface area contributed by atoms with E-state index in [4.69, 9.17) is 0 Å². The van der Waals surface area contributed by atoms with E-state index in [0.29, 0.717) is 0 Å². The lowest BCUT2D eigenvalue weighted by Gasteiger charge is -2.39. The Hall–Kier alpha value is -3.16. The zero-order chi connectivity index (χ0) is 27.8. The van der Waals surface area contributed by atoms with Crippen LogP contribution in [-0.4, -0.2) is 11.4 Å². The first-order valence-corrected chi connectivity index (χ1v) is 15.7. The van der Waals surface area contributed by atoms with Crippen molar-refractivity contribution in [3.05, 3.63) is 144 Å². The normalized spacial score (nSPS) is 11.7. The summed E-state index contributed by atoms with van der Waals surface area (Å²) in [7, 11) is 0. The van der Waals surface area contributed by atoms with Crippen LogP contribution in [0.1, 0.15) is 106 Å². The first kappa shape index (κ1) is 29.8. The van der Waals surface area contributed by atoms with Crippen molar-refractivity contribution in [3.63, 3.8) is 0 Å². The van der Waals surface area contributed by atoms with Crippen LogP contribution in [0.4, 0.5) is 0 Å². The first-order chi connectivity index (χ1) is 19.7. The van der Waals surface area contributed by atoms with E-state index < -0.39 is 0 Å². The third kappa shape index (κ3) is 9.20. The topological polar surface area (TPSA) is 3.24 Å². The first-order valence-electron chi connectivity index (χ1n) is 15.7. The number of rotatable bonds is 17. The summed E-state index contributed by atoms with van der Waals surface area (Å²) >= 11 is 0. The Kier molecular flexibility index (Phi) is 12.5. The molecule has 40 heavy (non-hydrogen) atoms. The van der Waals surface area contributed by atoms with Crippen molar-refractivity contribution in [1.82, 2.24) is 4.90 Å². The van der Waals surface area contributed by atoms with Gasteiger partial charge in [0.05, 0.1) is 12.1 Å². The van der Waals surface area contributed by atoms with Gasteiger partial charge in [0.15, 0.2) is 0 Å². The van der Waals surface area contributed by atoms with Crippen molar-refractivity contribution in [2.45, 2.75) is 83.7 Å². The molecule has 0 N–H and O–H groups in total. The predicted molar refractivity (Wildman–Crippen MR) is 173 cm³/mol. The van der Waals surface area contributed by atoms with Crippen molar-refractivity contribution in [3.8, 4) is 0 Å². The summed E-state index contributed by atoms with van der Waals surface area (Å²) in [4.78, 5) is 2.77. The van der Waals surface area contributed by atoms with E-state index >= 15 is 0 Å². The number of hydrogen-bond donors (Lipinski definition) is 0. The quantitative estimate of drug-likeness (QED) is 0.122. The van der Waals surface area contributed by atoms with Crippen molar-refractivity contribution in [1.29, 1.82) is 0 Å². The summed E-state index contributed by atoms with van der Waals surface area (Å²) in [6.45, 7) is 5.73. The summed E-state index contributed by atoms with van der Waals surface area (Å²) in [5.41, 5.74) is 5.41. The van der Waals surface area contributed by atoms with Gasteiger partial charge in [0.2, 0.25) is 0 Å². The molecule has 0 saturated carbocycles. The van der Waals surface area contributed by atoms with E-state index in [0.717, 1.165) is 12.5 Å². The van der Waals surface area contributed by atoms with Crippen LogP contribution in [0, 0.1) is 5.92 Å². The van der Waals surface area contributed by atoms with Gasteiger partial charge in [-0.2, -0.15) is 0 Å². The van der Waals surface area contributed by atoms with E-state index in [1.165, 1.54) is 80.0 Å². The molecular weight excluding hydrogens is 482 g/mol. The van der Waals surface area contributed by atoms with Crippen molar-refractivity contribution >= 4 is 0 Å². The van der Waals surface area contributed by atoms with Gasteiger partial charge in [-0.15, -0.1) is 0 Å². The number of nitrogens with zero attached hydrogens (tertiary/aromatic N) is 1.